The molecule has 21 rings (SSSR count). The summed E-state index contributed by atoms with van der Waals surface area (Å²) in [7, 11) is -0.430. The van der Waals surface area contributed by atoms with Gasteiger partial charge in [-0.15, -0.1) is 0 Å². The Labute approximate surface area is 657 Å². The highest BCUT2D eigenvalue weighted by Crippen LogP contribution is 2.59. The van der Waals surface area contributed by atoms with Gasteiger partial charge in [0.1, 0.15) is 0 Å². The van der Waals surface area contributed by atoms with Crippen LogP contribution in [-0.2, 0) is 20.1 Å². The van der Waals surface area contributed by atoms with Crippen LogP contribution in [0.3, 0.4) is 0 Å². The lowest BCUT2D eigenvalue weighted by Crippen LogP contribution is -2.41. The molecule has 0 spiro atoms. The van der Waals surface area contributed by atoms with E-state index in [4.69, 9.17) is 35.9 Å². The summed E-state index contributed by atoms with van der Waals surface area (Å²) in [5.41, 5.74) is 18.9. The van der Waals surface area contributed by atoms with E-state index in [-0.39, 0.29) is 5.28 Å². The topological polar surface area (TPSA) is 95.8 Å². The maximum atomic E-state index is 6.54. The third kappa shape index (κ3) is 12.0. The summed E-state index contributed by atoms with van der Waals surface area (Å²) in [6, 6.07) is 133. The second-order valence-electron chi connectivity index (χ2n) is 29.9. The summed E-state index contributed by atoms with van der Waals surface area (Å²) in [5, 5.41) is 10.3. The fourth-order valence-electron chi connectivity index (χ4n) is 17.0. The average Bonchev–Trinajstić information content (AvgIpc) is 1.53. The number of halogens is 1. The van der Waals surface area contributed by atoms with E-state index < -0.39 is 29.2 Å². The molecule has 16 aromatic carbocycles. The molecule has 18 aromatic rings. The average molecular weight is 1460 g/mol. The molecule has 0 radical (unpaired) electrons. The Morgan fingerprint density at radius 3 is 0.991 bits per heavy atom. The van der Waals surface area contributed by atoms with Crippen LogP contribution in [0.2, 0.25) is 5.28 Å². The molecule has 0 saturated carbocycles. The van der Waals surface area contributed by atoms with Crippen LogP contribution in [0.1, 0.15) is 72.2 Å². The first-order valence-corrected chi connectivity index (χ1v) is 38.5. The van der Waals surface area contributed by atoms with Crippen molar-refractivity contribution in [3.63, 3.8) is 0 Å². The number of nitrogens with zero attached hydrogens (tertiary/aromatic N) is 6. The fourth-order valence-corrected chi connectivity index (χ4v) is 17.2. The van der Waals surface area contributed by atoms with E-state index in [2.05, 4.69) is 322 Å². The van der Waals surface area contributed by atoms with Crippen molar-refractivity contribution in [1.82, 2.24) is 29.9 Å². The van der Waals surface area contributed by atoms with E-state index in [1.54, 1.807) is 0 Å². The Morgan fingerprint density at radius 2 is 0.562 bits per heavy atom. The molecular formula is C102H74BClN6O2. The Bertz CT molecular complexity index is 6480. The minimum Gasteiger partial charge on any atom is -0.399 e. The molecule has 2 aromatic heterocycles. The van der Waals surface area contributed by atoms with Crippen LogP contribution in [0.25, 0.3) is 122 Å². The predicted octanol–water partition coefficient (Wildman–Crippen LogP) is 24.1. The summed E-state index contributed by atoms with van der Waals surface area (Å²) in [6.45, 7) is 8.46. The molecule has 1 aliphatic heterocycles. The van der Waals surface area contributed by atoms with Gasteiger partial charge in [0.25, 0.3) is 0 Å². The fraction of sp³-hybridized carbons (Fsp3) is 0.0784. The lowest BCUT2D eigenvalue weighted by atomic mass is 9.66. The number of benzene rings is 16. The summed E-state index contributed by atoms with van der Waals surface area (Å²) in [5.74, 6) is 3.12. The molecule has 8 nitrogen and oxygen atoms in total. The molecule has 3 aliphatic rings. The van der Waals surface area contributed by atoms with Crippen LogP contribution in [0.15, 0.2) is 376 Å². The summed E-state index contributed by atoms with van der Waals surface area (Å²) < 4.78 is 13.1. The minimum absolute atomic E-state index is 0.202. The van der Waals surface area contributed by atoms with Crippen LogP contribution in [0.5, 0.6) is 0 Å². The first-order valence-electron chi connectivity index (χ1n) is 38.1. The summed E-state index contributed by atoms with van der Waals surface area (Å²) in [4.78, 5) is 28.0. The van der Waals surface area contributed by atoms with Gasteiger partial charge in [0.2, 0.25) is 5.28 Å². The van der Waals surface area contributed by atoms with Gasteiger partial charge < -0.3 is 9.31 Å². The zero-order chi connectivity index (χ0) is 75.6. The van der Waals surface area contributed by atoms with Crippen molar-refractivity contribution in [2.45, 2.75) is 49.7 Å². The number of aromatic nitrogens is 6. The highest BCUT2D eigenvalue weighted by molar-refractivity contribution is 6.62. The van der Waals surface area contributed by atoms with Crippen LogP contribution in [-0.4, -0.2) is 48.2 Å². The molecule has 534 valence electrons. The highest BCUT2D eigenvalue weighted by atomic mass is 35.5. The molecule has 10 heteroatoms. The van der Waals surface area contributed by atoms with E-state index in [0.717, 1.165) is 33.3 Å². The van der Waals surface area contributed by atoms with Crippen molar-refractivity contribution < 1.29 is 9.31 Å². The third-order valence-corrected chi connectivity index (χ3v) is 23.2. The van der Waals surface area contributed by atoms with Crippen LogP contribution in [0.4, 0.5) is 0 Å². The Morgan fingerprint density at radius 1 is 0.241 bits per heavy atom. The Balaban J connectivity index is 0.000000124. The number of hydrogen-bond donors (Lipinski definition) is 0. The summed E-state index contributed by atoms with van der Waals surface area (Å²) >= 11 is 5.99. The van der Waals surface area contributed by atoms with Gasteiger partial charge >= 0.3 is 7.12 Å². The maximum Gasteiger partial charge on any atom is 0.494 e. The Hall–Kier alpha value is -13.1. The molecule has 0 N–H and O–H groups in total. The first kappa shape index (κ1) is 69.3. The standard InChI is InChI=1S/C48H31N3.C39H33BO2.C15H10ClN3/c1-4-15-33(16-5-1)45-49-46(34-17-6-2-7-18-34)51-47(50-45)36-26-28-42-41-22-12-13-23-43(41)48(44(42)31-36,37-19-8-3-9-20-37)38-27-29-40-35(30-38)25-24-32-14-10-11-21-39(32)40;1-37(2)38(3,4)42-40(41-37)30-21-23-34-33-16-10-11-17-35(33)39(36(34)25-30,28-13-6-5-7-14-28)29-20-22-32-27(24-29)19-18-26-12-8-9-15-31(26)32;16-15-18-13(11-7-3-1-4-8-11)17-14(19-15)12-9-5-2-6-10-12/h1-31H;5-25H,1-4H3;1-10H. The van der Waals surface area contributed by atoms with Gasteiger partial charge in [-0.2, -0.15) is 9.97 Å². The van der Waals surface area contributed by atoms with Crippen molar-refractivity contribution in [1.29, 1.82) is 0 Å². The van der Waals surface area contributed by atoms with Gasteiger partial charge in [0.05, 0.1) is 22.0 Å². The van der Waals surface area contributed by atoms with Gasteiger partial charge in [-0.25, -0.2) is 19.9 Å². The molecule has 2 aliphatic carbocycles. The van der Waals surface area contributed by atoms with E-state index in [9.17, 15) is 0 Å². The van der Waals surface area contributed by atoms with E-state index in [0.29, 0.717) is 29.1 Å². The molecule has 0 bridgehead atoms. The van der Waals surface area contributed by atoms with E-state index in [1.165, 1.54) is 110 Å². The molecule has 2 atom stereocenters. The van der Waals surface area contributed by atoms with E-state index in [1.807, 2.05) is 97.1 Å². The molecule has 0 amide bonds. The third-order valence-electron chi connectivity index (χ3n) is 23.0. The molecule has 2 unspecified atom stereocenters. The quantitative estimate of drug-likeness (QED) is 0.0987. The molecule has 112 heavy (non-hydrogen) atoms. The van der Waals surface area contributed by atoms with Crippen LogP contribution >= 0.6 is 11.6 Å². The SMILES string of the molecule is CC1(C)OB(c2ccc3c(c2)C(c2ccccc2)(c2ccc4c(ccc5ccccc54)c2)c2ccccc2-3)OC1(C)C.Clc1nc(-c2ccccc2)nc(-c2ccccc2)n1.c1ccc(-c2nc(-c3ccccc3)nc(-c3ccc4c(c3)C(c3ccccc3)(c3ccc5c(ccc6ccccc65)c3)c3ccccc3-4)n2)cc1. The van der Waals surface area contributed by atoms with Gasteiger partial charge in [-0.3, -0.25) is 0 Å². The highest BCUT2D eigenvalue weighted by Gasteiger charge is 2.53. The van der Waals surface area contributed by atoms with Crippen molar-refractivity contribution in [2.24, 2.45) is 0 Å². The molecule has 1 fully saturated rings. The van der Waals surface area contributed by atoms with Gasteiger partial charge in [0, 0.05) is 27.8 Å². The number of fused-ring (bicyclic) bond motifs is 12. The van der Waals surface area contributed by atoms with Crippen molar-refractivity contribution in [2.75, 3.05) is 0 Å². The second kappa shape index (κ2) is 28.4. The Kier molecular flexibility index (Phi) is 17.6. The van der Waals surface area contributed by atoms with Gasteiger partial charge in [-0.1, -0.05) is 358 Å². The van der Waals surface area contributed by atoms with Gasteiger partial charge in [-0.05, 0) is 173 Å². The maximum absolute atomic E-state index is 6.54. The number of rotatable bonds is 10. The summed E-state index contributed by atoms with van der Waals surface area (Å²) in [6.07, 6.45) is 0. The van der Waals surface area contributed by atoms with Crippen molar-refractivity contribution in [3.8, 4) is 79.2 Å². The zero-order valence-electron chi connectivity index (χ0n) is 62.3. The normalized spacial score (nSPS) is 16.0. The molecule has 1 saturated heterocycles. The van der Waals surface area contributed by atoms with Crippen molar-refractivity contribution >= 4 is 67.3 Å². The van der Waals surface area contributed by atoms with Crippen LogP contribution < -0.4 is 5.46 Å². The lowest BCUT2D eigenvalue weighted by molar-refractivity contribution is 0.00578. The predicted molar refractivity (Wildman–Crippen MR) is 459 cm³/mol. The smallest absolute Gasteiger partial charge is 0.399 e. The van der Waals surface area contributed by atoms with E-state index >= 15 is 0 Å². The largest absolute Gasteiger partial charge is 0.494 e. The van der Waals surface area contributed by atoms with Crippen molar-refractivity contribution in [3.05, 3.63) is 426 Å². The monoisotopic (exact) mass is 1460 g/mol. The molecular weight excluding hydrogens is 1390 g/mol. The van der Waals surface area contributed by atoms with Gasteiger partial charge in [0.15, 0.2) is 29.1 Å². The first-order chi connectivity index (χ1) is 54.9. The zero-order valence-corrected chi connectivity index (χ0v) is 63.0. The number of hydrogen-bond acceptors (Lipinski definition) is 8. The lowest BCUT2D eigenvalue weighted by Gasteiger charge is -2.34. The van der Waals surface area contributed by atoms with Crippen LogP contribution in [0, 0.1) is 0 Å². The minimum atomic E-state index is -0.569. The molecule has 3 heterocycles. The second-order valence-corrected chi connectivity index (χ2v) is 30.3.